The molecule has 1 aliphatic rings. The number of hydrogen-bond donors (Lipinski definition) is 1. The highest BCUT2D eigenvalue weighted by Crippen LogP contribution is 2.36. The van der Waals surface area contributed by atoms with Gasteiger partial charge in [-0.05, 0) is 29.7 Å². The molecule has 0 radical (unpaired) electrons. The van der Waals surface area contributed by atoms with Crippen molar-refractivity contribution in [2.45, 2.75) is 26.3 Å². The molecule has 0 aliphatic carbocycles. The van der Waals surface area contributed by atoms with Crippen LogP contribution < -0.4 is 5.32 Å². The molecule has 112 valence electrons. The summed E-state index contributed by atoms with van der Waals surface area (Å²) in [6, 6.07) is 8.87. The van der Waals surface area contributed by atoms with Gasteiger partial charge in [-0.15, -0.1) is 10.2 Å². The predicted octanol–water partition coefficient (Wildman–Crippen LogP) is 3.43. The van der Waals surface area contributed by atoms with Crippen LogP contribution in [0.25, 0.3) is 11.4 Å². The van der Waals surface area contributed by atoms with Gasteiger partial charge in [-0.25, -0.2) is 0 Å². The Bertz CT molecular complexity index is 620. The maximum Gasteiger partial charge on any atom is 0.165 e. The summed E-state index contributed by atoms with van der Waals surface area (Å²) in [6.45, 7) is 4.70. The topological polar surface area (TPSA) is 42.7 Å². The highest BCUT2D eigenvalue weighted by Gasteiger charge is 2.28. The van der Waals surface area contributed by atoms with Crippen LogP contribution in [-0.2, 0) is 7.05 Å². The summed E-state index contributed by atoms with van der Waals surface area (Å²) < 4.78 is 1.96. The number of aromatic nitrogens is 3. The third kappa shape index (κ3) is 3.23. The highest BCUT2D eigenvalue weighted by molar-refractivity contribution is 7.99. The van der Waals surface area contributed by atoms with Gasteiger partial charge in [0.25, 0.3) is 0 Å². The fourth-order valence-corrected chi connectivity index (χ4v) is 4.18. The van der Waals surface area contributed by atoms with E-state index in [1.54, 1.807) is 6.33 Å². The van der Waals surface area contributed by atoms with E-state index in [-0.39, 0.29) is 0 Å². The molecule has 21 heavy (non-hydrogen) atoms. The van der Waals surface area contributed by atoms with Gasteiger partial charge in [0.05, 0.1) is 0 Å². The van der Waals surface area contributed by atoms with Crippen LogP contribution in [0.15, 0.2) is 30.6 Å². The van der Waals surface area contributed by atoms with E-state index in [0.29, 0.717) is 11.5 Å². The number of rotatable bonds is 3. The molecule has 0 amide bonds. The zero-order valence-electron chi connectivity index (χ0n) is 12.8. The lowest BCUT2D eigenvalue weighted by atomic mass is 9.87. The number of nitrogens with zero attached hydrogens (tertiary/aromatic N) is 3. The summed E-state index contributed by atoms with van der Waals surface area (Å²) in [6.07, 6.45) is 2.94. The molecule has 3 rings (SSSR count). The molecule has 5 heteroatoms. The Morgan fingerprint density at radius 1 is 1.33 bits per heavy atom. The van der Waals surface area contributed by atoms with Crippen LogP contribution in [0.1, 0.15) is 20.3 Å². The van der Waals surface area contributed by atoms with Gasteiger partial charge in [0.1, 0.15) is 6.33 Å². The van der Waals surface area contributed by atoms with Crippen molar-refractivity contribution in [1.82, 2.24) is 14.8 Å². The summed E-state index contributed by atoms with van der Waals surface area (Å²) in [5, 5.41) is 11.9. The van der Waals surface area contributed by atoms with E-state index in [4.69, 9.17) is 0 Å². The van der Waals surface area contributed by atoms with Crippen molar-refractivity contribution in [3.63, 3.8) is 0 Å². The summed E-state index contributed by atoms with van der Waals surface area (Å²) in [5.41, 5.74) is 2.67. The van der Waals surface area contributed by atoms with Gasteiger partial charge in [0, 0.05) is 30.1 Å². The quantitative estimate of drug-likeness (QED) is 0.943. The second kappa shape index (κ2) is 5.72. The molecule has 4 nitrogen and oxygen atoms in total. The van der Waals surface area contributed by atoms with Gasteiger partial charge in [0.2, 0.25) is 0 Å². The van der Waals surface area contributed by atoms with Crippen LogP contribution >= 0.6 is 11.8 Å². The van der Waals surface area contributed by atoms with Crippen LogP contribution in [0.3, 0.4) is 0 Å². The Morgan fingerprint density at radius 2 is 2.14 bits per heavy atom. The molecule has 1 aromatic heterocycles. The number of nitrogens with one attached hydrogen (secondary N) is 1. The average Bonchev–Trinajstić information content (AvgIpc) is 2.84. The fraction of sp³-hybridized carbons (Fsp3) is 0.500. The molecule has 1 unspecified atom stereocenters. The Hall–Kier alpha value is -1.49. The van der Waals surface area contributed by atoms with Gasteiger partial charge >= 0.3 is 0 Å². The Balaban J connectivity index is 1.85. The molecule has 1 aromatic carbocycles. The summed E-state index contributed by atoms with van der Waals surface area (Å²) >= 11 is 2.04. The zero-order chi connectivity index (χ0) is 14.9. The third-order valence-electron chi connectivity index (χ3n) is 3.85. The number of benzene rings is 1. The van der Waals surface area contributed by atoms with Crippen molar-refractivity contribution < 1.29 is 0 Å². The van der Waals surface area contributed by atoms with E-state index < -0.39 is 0 Å². The average molecular weight is 302 g/mol. The van der Waals surface area contributed by atoms with E-state index >= 15 is 0 Å². The van der Waals surface area contributed by atoms with Crippen molar-refractivity contribution in [1.29, 1.82) is 0 Å². The second-order valence-electron chi connectivity index (χ2n) is 6.54. The Morgan fingerprint density at radius 3 is 2.86 bits per heavy atom. The first kappa shape index (κ1) is 14.4. The maximum atomic E-state index is 4.24. The van der Waals surface area contributed by atoms with E-state index in [0.717, 1.165) is 22.8 Å². The maximum absolute atomic E-state index is 4.24. The summed E-state index contributed by atoms with van der Waals surface area (Å²) in [5.74, 6) is 3.31. The summed E-state index contributed by atoms with van der Waals surface area (Å²) in [7, 11) is 1.98. The molecule has 1 N–H and O–H groups in total. The standard InChI is InChI=1S/C16H22N4S/c1-16(2)8-12(9-21-10-16)18-14-7-5-4-6-13(14)15-19-17-11-20(15)3/h4-7,11-12,18H,8-10H2,1-3H3. The molecule has 0 spiro atoms. The van der Waals surface area contributed by atoms with Crippen molar-refractivity contribution in [2.75, 3.05) is 16.8 Å². The van der Waals surface area contributed by atoms with Crippen molar-refractivity contribution in [2.24, 2.45) is 12.5 Å². The summed E-state index contributed by atoms with van der Waals surface area (Å²) in [4.78, 5) is 0. The molecule has 1 atom stereocenters. The van der Waals surface area contributed by atoms with E-state index in [1.807, 2.05) is 23.4 Å². The van der Waals surface area contributed by atoms with Crippen molar-refractivity contribution >= 4 is 17.4 Å². The minimum atomic E-state index is 0.403. The van der Waals surface area contributed by atoms with Gasteiger partial charge in [-0.3, -0.25) is 0 Å². The minimum absolute atomic E-state index is 0.403. The van der Waals surface area contributed by atoms with Gasteiger partial charge in [-0.2, -0.15) is 11.8 Å². The van der Waals surface area contributed by atoms with E-state index in [1.165, 1.54) is 12.2 Å². The normalized spacial score (nSPS) is 21.2. The predicted molar refractivity (Wildman–Crippen MR) is 89.6 cm³/mol. The first-order valence-corrected chi connectivity index (χ1v) is 8.48. The molecule has 0 bridgehead atoms. The number of para-hydroxylation sites is 1. The molecule has 2 heterocycles. The molecule has 1 fully saturated rings. The smallest absolute Gasteiger partial charge is 0.165 e. The molecular formula is C16H22N4S. The minimum Gasteiger partial charge on any atom is -0.381 e. The monoisotopic (exact) mass is 302 g/mol. The Kier molecular flexibility index (Phi) is 3.93. The van der Waals surface area contributed by atoms with Crippen LogP contribution in [0, 0.1) is 5.41 Å². The number of anilines is 1. The zero-order valence-corrected chi connectivity index (χ0v) is 13.7. The Labute approximate surface area is 130 Å². The third-order valence-corrected chi connectivity index (χ3v) is 5.47. The van der Waals surface area contributed by atoms with Crippen molar-refractivity contribution in [3.05, 3.63) is 30.6 Å². The molecule has 1 saturated heterocycles. The SMILES string of the molecule is Cn1cnnc1-c1ccccc1NC1CSCC(C)(C)C1. The number of aryl methyl sites for hydroxylation is 1. The van der Waals surface area contributed by atoms with Gasteiger partial charge < -0.3 is 9.88 Å². The molecule has 1 aliphatic heterocycles. The largest absolute Gasteiger partial charge is 0.381 e. The number of thioether (sulfide) groups is 1. The lowest BCUT2D eigenvalue weighted by Crippen LogP contribution is -2.35. The lowest BCUT2D eigenvalue weighted by Gasteiger charge is -2.35. The first-order valence-electron chi connectivity index (χ1n) is 7.33. The first-order chi connectivity index (χ1) is 10.1. The molecule has 2 aromatic rings. The van der Waals surface area contributed by atoms with Crippen LogP contribution in [-0.4, -0.2) is 32.3 Å². The second-order valence-corrected chi connectivity index (χ2v) is 7.57. The lowest BCUT2D eigenvalue weighted by molar-refractivity contribution is 0.358. The van der Waals surface area contributed by atoms with Crippen LogP contribution in [0.5, 0.6) is 0 Å². The van der Waals surface area contributed by atoms with Gasteiger partial charge in [-0.1, -0.05) is 26.0 Å². The van der Waals surface area contributed by atoms with Crippen LogP contribution in [0.4, 0.5) is 5.69 Å². The van der Waals surface area contributed by atoms with Crippen molar-refractivity contribution in [3.8, 4) is 11.4 Å². The molecular weight excluding hydrogens is 280 g/mol. The van der Waals surface area contributed by atoms with E-state index in [2.05, 4.69) is 53.6 Å². The fourth-order valence-electron chi connectivity index (χ4n) is 2.91. The molecule has 0 saturated carbocycles. The van der Waals surface area contributed by atoms with Crippen LogP contribution in [0.2, 0.25) is 0 Å². The highest BCUT2D eigenvalue weighted by atomic mass is 32.2. The van der Waals surface area contributed by atoms with Gasteiger partial charge in [0.15, 0.2) is 5.82 Å². The van der Waals surface area contributed by atoms with E-state index in [9.17, 15) is 0 Å². The number of hydrogen-bond acceptors (Lipinski definition) is 4.